The van der Waals surface area contributed by atoms with Crippen molar-refractivity contribution in [1.82, 2.24) is 15.0 Å². The van der Waals surface area contributed by atoms with Crippen LogP contribution in [0.15, 0.2) is 96.5 Å². The Morgan fingerprint density at radius 3 is 1.92 bits per heavy atom. The second-order valence-corrected chi connectivity index (χ2v) is 17.0. The van der Waals surface area contributed by atoms with E-state index in [4.69, 9.17) is 16.7 Å². The Kier molecular flexibility index (Phi) is 10.5. The number of phenols is 1. The number of halogens is 1. The van der Waals surface area contributed by atoms with Crippen LogP contribution in [0.1, 0.15) is 0 Å². The van der Waals surface area contributed by atoms with Gasteiger partial charge < -0.3 is 20.8 Å². The summed E-state index contributed by atoms with van der Waals surface area (Å²) in [5.74, 6) is -2.31. The number of anilines is 4. The Balaban J connectivity index is 1.64. The number of fused-ring (bicyclic) bond motifs is 1. The Labute approximate surface area is 299 Å². The quantitative estimate of drug-likeness (QED) is 0.0695. The highest BCUT2D eigenvalue weighted by atomic mass is 35.5. The summed E-state index contributed by atoms with van der Waals surface area (Å²) in [5.41, 5.74) is -1.25. The predicted molar refractivity (Wildman–Crippen MR) is 183 cm³/mol. The lowest BCUT2D eigenvalue weighted by Crippen LogP contribution is -2.09. The SMILES string of the molecule is O=S(=O)(O)c1cccc(Nc2nc(Cl)nc(Nc3cc(S(=O)(=O)O)cc4cc(S(=O)(=O)O)c(N=Nc5ccc(S(=O)(=O)CCO)cc5)c(O)c34)n2)c1. The fraction of sp³-hybridized carbons (Fsp3) is 0.0741. The summed E-state index contributed by atoms with van der Waals surface area (Å²) >= 11 is 6.06. The number of rotatable bonds is 12. The number of aliphatic hydroxyl groups excluding tert-OH is 1. The van der Waals surface area contributed by atoms with Crippen molar-refractivity contribution in [2.45, 2.75) is 19.6 Å². The fourth-order valence-electron chi connectivity index (χ4n) is 4.51. The van der Waals surface area contributed by atoms with Crippen molar-refractivity contribution in [2.75, 3.05) is 23.0 Å². The third kappa shape index (κ3) is 8.75. The molecule has 0 bridgehead atoms. The zero-order chi connectivity index (χ0) is 38.2. The fourth-order valence-corrected chi connectivity index (χ4v) is 7.43. The minimum absolute atomic E-state index is 0.0502. The van der Waals surface area contributed by atoms with Crippen LogP contribution in [0, 0.1) is 0 Å². The maximum absolute atomic E-state index is 12.4. The average Bonchev–Trinajstić information content (AvgIpc) is 3.02. The van der Waals surface area contributed by atoms with E-state index >= 15 is 0 Å². The van der Waals surface area contributed by atoms with Gasteiger partial charge in [-0.25, -0.2) is 8.42 Å². The van der Waals surface area contributed by atoms with Gasteiger partial charge in [0.2, 0.25) is 17.2 Å². The second kappa shape index (κ2) is 14.2. The standard InChI is InChI=1S/C27H22ClN7O13S4/c28-25-31-26(29-16-2-1-3-18(12-16)50(40,41)42)33-27(32-25)30-20-13-19(51(43,44)45)10-14-11-21(52(46,47)48)23(24(37)22(14)20)35-34-15-4-6-17(7-5-15)49(38,39)9-8-36/h1-7,10-13,36-37H,8-9H2,(H,40,41,42)(H,43,44,45)(H,46,47,48)(H2,29,30,31,32,33). The molecule has 0 aliphatic heterocycles. The van der Waals surface area contributed by atoms with Gasteiger partial charge in [0.05, 0.1) is 38.4 Å². The molecule has 25 heteroatoms. The highest BCUT2D eigenvalue weighted by Gasteiger charge is 2.26. The van der Waals surface area contributed by atoms with Crippen LogP contribution < -0.4 is 10.6 Å². The molecule has 0 amide bonds. The topological polar surface area (TPSA) is 325 Å². The van der Waals surface area contributed by atoms with Gasteiger partial charge in [0.1, 0.15) is 10.6 Å². The normalized spacial score (nSPS) is 12.7. The molecule has 7 N–H and O–H groups in total. The molecule has 0 aliphatic rings. The Hall–Kier alpha value is -4.92. The highest BCUT2D eigenvalue weighted by molar-refractivity contribution is 7.91. The van der Waals surface area contributed by atoms with Crippen LogP contribution in [0.4, 0.5) is 34.6 Å². The molecular weight excluding hydrogens is 794 g/mol. The van der Waals surface area contributed by atoms with Gasteiger partial charge in [-0.15, -0.1) is 5.11 Å². The highest BCUT2D eigenvalue weighted by Crippen LogP contribution is 2.45. The molecule has 52 heavy (non-hydrogen) atoms. The zero-order valence-electron chi connectivity index (χ0n) is 25.5. The number of aliphatic hydroxyl groups is 1. The second-order valence-electron chi connectivity index (χ2n) is 10.3. The van der Waals surface area contributed by atoms with Gasteiger partial charge in [-0.05, 0) is 77.7 Å². The molecule has 4 aromatic carbocycles. The Morgan fingerprint density at radius 1 is 0.692 bits per heavy atom. The maximum atomic E-state index is 12.4. The molecule has 20 nitrogen and oxygen atoms in total. The summed E-state index contributed by atoms with van der Waals surface area (Å²) < 4.78 is 126. The first-order chi connectivity index (χ1) is 24.2. The van der Waals surface area contributed by atoms with Crippen LogP contribution in [0.5, 0.6) is 5.75 Å². The molecule has 274 valence electrons. The Bertz CT molecular complexity index is 2720. The molecule has 1 aromatic heterocycles. The maximum Gasteiger partial charge on any atom is 0.296 e. The van der Waals surface area contributed by atoms with Crippen LogP contribution in [0.2, 0.25) is 5.28 Å². The smallest absolute Gasteiger partial charge is 0.296 e. The summed E-state index contributed by atoms with van der Waals surface area (Å²) in [7, 11) is -18.6. The van der Waals surface area contributed by atoms with Crippen LogP contribution in [0.3, 0.4) is 0 Å². The molecule has 0 saturated heterocycles. The third-order valence-electron chi connectivity index (χ3n) is 6.76. The summed E-state index contributed by atoms with van der Waals surface area (Å²) in [6.45, 7) is -0.626. The van der Waals surface area contributed by atoms with Crippen molar-refractivity contribution in [3.8, 4) is 5.75 Å². The molecule has 0 spiro atoms. The van der Waals surface area contributed by atoms with E-state index in [0.717, 1.165) is 42.5 Å². The first kappa shape index (κ1) is 38.3. The van der Waals surface area contributed by atoms with Crippen molar-refractivity contribution >= 4 is 97.2 Å². The summed E-state index contributed by atoms with van der Waals surface area (Å²) in [6.07, 6.45) is 0. The Morgan fingerprint density at radius 2 is 1.33 bits per heavy atom. The van der Waals surface area contributed by atoms with E-state index in [1.54, 1.807) is 0 Å². The molecule has 0 fully saturated rings. The number of nitrogens with one attached hydrogen (secondary N) is 2. The molecule has 0 saturated carbocycles. The van der Waals surface area contributed by atoms with E-state index in [1.165, 1.54) is 24.3 Å². The molecule has 0 atom stereocenters. The predicted octanol–water partition coefficient (Wildman–Crippen LogP) is 3.79. The molecular formula is C27H22ClN7O13S4. The third-order valence-corrected chi connectivity index (χ3v) is 11.2. The van der Waals surface area contributed by atoms with E-state index in [1.807, 2.05) is 0 Å². The largest absolute Gasteiger partial charge is 0.505 e. The minimum Gasteiger partial charge on any atom is -0.505 e. The first-order valence-electron chi connectivity index (χ1n) is 13.8. The summed E-state index contributed by atoms with van der Waals surface area (Å²) in [5, 5.41) is 31.9. The van der Waals surface area contributed by atoms with Crippen molar-refractivity contribution < 1.29 is 57.5 Å². The number of sulfone groups is 1. The van der Waals surface area contributed by atoms with Gasteiger partial charge in [0.25, 0.3) is 30.4 Å². The zero-order valence-corrected chi connectivity index (χ0v) is 29.5. The van der Waals surface area contributed by atoms with Crippen molar-refractivity contribution in [3.05, 3.63) is 72.0 Å². The number of aromatic nitrogens is 3. The monoisotopic (exact) mass is 815 g/mol. The lowest BCUT2D eigenvalue weighted by atomic mass is 10.1. The summed E-state index contributed by atoms with van der Waals surface area (Å²) in [6, 6.07) is 11.7. The van der Waals surface area contributed by atoms with E-state index < -0.39 is 95.6 Å². The average molecular weight is 816 g/mol. The molecule has 5 rings (SSSR count). The van der Waals surface area contributed by atoms with Crippen molar-refractivity contribution in [1.29, 1.82) is 0 Å². The van der Waals surface area contributed by atoms with E-state index in [2.05, 4.69) is 35.8 Å². The van der Waals surface area contributed by atoms with Crippen molar-refractivity contribution in [2.24, 2.45) is 10.2 Å². The van der Waals surface area contributed by atoms with Gasteiger partial charge in [0, 0.05) is 11.1 Å². The number of nitrogens with zero attached hydrogens (tertiary/aromatic N) is 5. The summed E-state index contributed by atoms with van der Waals surface area (Å²) in [4.78, 5) is 9.29. The van der Waals surface area contributed by atoms with E-state index in [0.29, 0.717) is 0 Å². The number of azo groups is 1. The van der Waals surface area contributed by atoms with Gasteiger partial charge in [0.15, 0.2) is 15.6 Å². The number of hydrogen-bond donors (Lipinski definition) is 7. The minimum atomic E-state index is -5.22. The molecule has 0 aliphatic carbocycles. The van der Waals surface area contributed by atoms with Crippen LogP contribution in [-0.4, -0.2) is 84.9 Å². The molecule has 5 aromatic rings. The van der Waals surface area contributed by atoms with Gasteiger partial charge in [-0.2, -0.15) is 45.3 Å². The van der Waals surface area contributed by atoms with E-state index in [-0.39, 0.29) is 33.0 Å². The van der Waals surface area contributed by atoms with Crippen LogP contribution in [-0.2, 0) is 40.2 Å². The van der Waals surface area contributed by atoms with E-state index in [9.17, 15) is 52.4 Å². The van der Waals surface area contributed by atoms with Gasteiger partial charge in [-0.3, -0.25) is 13.7 Å². The first-order valence-corrected chi connectivity index (χ1v) is 20.2. The number of benzene rings is 4. The lowest BCUT2D eigenvalue weighted by Gasteiger charge is -2.15. The molecule has 0 unspecified atom stereocenters. The molecule has 0 radical (unpaired) electrons. The number of hydrogen-bond acceptors (Lipinski definition) is 17. The van der Waals surface area contributed by atoms with Crippen LogP contribution >= 0.6 is 11.6 Å². The van der Waals surface area contributed by atoms with Crippen LogP contribution in [0.25, 0.3) is 10.8 Å². The van der Waals surface area contributed by atoms with Gasteiger partial charge in [-0.1, -0.05) is 6.07 Å². The number of phenolic OH excluding ortho intramolecular Hbond substituents is 1. The lowest BCUT2D eigenvalue weighted by molar-refractivity contribution is 0.319. The molecule has 1 heterocycles. The number of aromatic hydroxyl groups is 1. The van der Waals surface area contributed by atoms with Crippen molar-refractivity contribution in [3.63, 3.8) is 0 Å². The van der Waals surface area contributed by atoms with Gasteiger partial charge >= 0.3 is 0 Å².